The molecule has 0 saturated heterocycles. The Kier molecular flexibility index (Phi) is 3.56. The Morgan fingerprint density at radius 1 is 1.36 bits per heavy atom. The van der Waals surface area contributed by atoms with Crippen molar-refractivity contribution in [3.8, 4) is 0 Å². The summed E-state index contributed by atoms with van der Waals surface area (Å²) in [5, 5.41) is 0. The van der Waals surface area contributed by atoms with Crippen LogP contribution in [-0.2, 0) is 4.79 Å². The van der Waals surface area contributed by atoms with Crippen LogP contribution in [0.25, 0.3) is 0 Å². The van der Waals surface area contributed by atoms with Crippen molar-refractivity contribution in [1.82, 2.24) is 0 Å². The second-order valence-electron chi connectivity index (χ2n) is 1.66. The number of primary amides is 1. The van der Waals surface area contributed by atoms with Crippen molar-refractivity contribution >= 4 is 5.91 Å². The third kappa shape index (κ3) is 3.59. The summed E-state index contributed by atoms with van der Waals surface area (Å²) in [7, 11) is 0. The number of carbonyl (C=O) groups excluding carboxylic acids is 1. The van der Waals surface area contributed by atoms with Gasteiger partial charge in [0.1, 0.15) is 0 Å². The van der Waals surface area contributed by atoms with E-state index in [1.165, 1.54) is 0 Å². The van der Waals surface area contributed by atoms with Crippen LogP contribution in [0.15, 0.2) is 11.9 Å². The van der Waals surface area contributed by atoms with Crippen LogP contribution >= 0.6 is 0 Å². The molecule has 0 aromatic rings. The molecule has 0 rings (SSSR count). The van der Waals surface area contributed by atoms with Crippen LogP contribution in [-0.4, -0.2) is 18.5 Å². The minimum absolute atomic E-state index is 0.160. The van der Waals surface area contributed by atoms with E-state index in [1.807, 2.05) is 0 Å². The number of amides is 1. The van der Waals surface area contributed by atoms with Gasteiger partial charge in [-0.1, -0.05) is 0 Å². The molecule has 0 aliphatic carbocycles. The number of allylic oxidation sites excluding steroid dienone is 1. The van der Waals surface area contributed by atoms with E-state index in [-0.39, 0.29) is 6.08 Å². The largest absolute Gasteiger partial charge is 0.364 e. The summed E-state index contributed by atoms with van der Waals surface area (Å²) in [6.07, 6.45) is -6.30. The van der Waals surface area contributed by atoms with Gasteiger partial charge in [0.05, 0.1) is 0 Å². The summed E-state index contributed by atoms with van der Waals surface area (Å²) in [5.41, 5.74) is 4.29. The van der Waals surface area contributed by atoms with Crippen molar-refractivity contribution in [3.63, 3.8) is 0 Å². The molecule has 0 fully saturated rings. The lowest BCUT2D eigenvalue weighted by atomic mass is 10.3. The third-order valence-corrected chi connectivity index (χ3v) is 0.782. The molecule has 0 aromatic heterocycles. The molecule has 1 atom stereocenters. The Morgan fingerprint density at radius 2 is 1.82 bits per heavy atom. The van der Waals surface area contributed by atoms with Crippen LogP contribution < -0.4 is 5.73 Å². The van der Waals surface area contributed by atoms with E-state index in [1.54, 1.807) is 0 Å². The molecular weight excluding hydrogens is 166 g/mol. The zero-order valence-corrected chi connectivity index (χ0v) is 5.23. The maximum Gasteiger partial charge on any atom is 0.277 e. The quantitative estimate of drug-likeness (QED) is 0.498. The van der Waals surface area contributed by atoms with Crippen LogP contribution in [0.3, 0.4) is 0 Å². The zero-order valence-electron chi connectivity index (χ0n) is 5.23. The van der Waals surface area contributed by atoms with Gasteiger partial charge in [0.2, 0.25) is 0 Å². The van der Waals surface area contributed by atoms with E-state index < -0.39 is 24.3 Å². The maximum atomic E-state index is 11.9. The minimum atomic E-state index is -3.35. The molecule has 2 N–H and O–H groups in total. The SMILES string of the molecule is NC(=O)C(F)=CC(F)C(F)F. The van der Waals surface area contributed by atoms with E-state index in [0.717, 1.165) is 0 Å². The normalized spacial score (nSPS) is 15.2. The van der Waals surface area contributed by atoms with Crippen molar-refractivity contribution in [2.24, 2.45) is 5.73 Å². The van der Waals surface area contributed by atoms with Crippen LogP contribution in [0, 0.1) is 0 Å². The van der Waals surface area contributed by atoms with Gasteiger partial charge in [-0.3, -0.25) is 4.79 Å². The van der Waals surface area contributed by atoms with Gasteiger partial charge in [0, 0.05) is 0 Å². The molecule has 11 heavy (non-hydrogen) atoms. The lowest BCUT2D eigenvalue weighted by molar-refractivity contribution is -0.116. The van der Waals surface area contributed by atoms with Gasteiger partial charge in [-0.25, -0.2) is 17.6 Å². The highest BCUT2D eigenvalue weighted by Crippen LogP contribution is 2.09. The van der Waals surface area contributed by atoms with E-state index in [0.29, 0.717) is 0 Å². The number of hydrogen-bond donors (Lipinski definition) is 1. The van der Waals surface area contributed by atoms with Gasteiger partial charge in [-0.2, -0.15) is 0 Å². The average Bonchev–Trinajstić information content (AvgIpc) is 1.87. The molecule has 2 nitrogen and oxygen atoms in total. The van der Waals surface area contributed by atoms with Crippen molar-refractivity contribution in [1.29, 1.82) is 0 Å². The van der Waals surface area contributed by atoms with Gasteiger partial charge in [-0.05, 0) is 6.08 Å². The zero-order chi connectivity index (χ0) is 9.02. The fourth-order valence-corrected chi connectivity index (χ4v) is 0.295. The van der Waals surface area contributed by atoms with Crippen LogP contribution in [0.2, 0.25) is 0 Å². The molecule has 0 radical (unpaired) electrons. The maximum absolute atomic E-state index is 11.9. The third-order valence-electron chi connectivity index (χ3n) is 0.782. The molecule has 1 unspecified atom stereocenters. The first-order valence-corrected chi connectivity index (χ1v) is 2.54. The smallest absolute Gasteiger partial charge is 0.277 e. The monoisotopic (exact) mass is 171 g/mol. The first-order chi connectivity index (χ1) is 4.95. The highest BCUT2D eigenvalue weighted by Gasteiger charge is 2.18. The van der Waals surface area contributed by atoms with Crippen LogP contribution in [0.5, 0.6) is 0 Å². The van der Waals surface area contributed by atoms with Gasteiger partial charge >= 0.3 is 0 Å². The van der Waals surface area contributed by atoms with E-state index in [9.17, 15) is 22.4 Å². The molecule has 1 amide bonds. The first kappa shape index (κ1) is 9.93. The summed E-state index contributed by atoms with van der Waals surface area (Å²) in [5.74, 6) is -3.26. The second kappa shape index (κ2) is 3.95. The summed E-state index contributed by atoms with van der Waals surface area (Å²) < 4.78 is 46.4. The molecule has 0 spiro atoms. The molecule has 6 heteroatoms. The van der Waals surface area contributed by atoms with E-state index >= 15 is 0 Å². The summed E-state index contributed by atoms with van der Waals surface area (Å²) in [6, 6.07) is 0. The molecule has 0 aliphatic rings. The number of nitrogens with two attached hydrogens (primary N) is 1. The highest BCUT2D eigenvalue weighted by atomic mass is 19.3. The molecular formula is C5H5F4NO. The minimum Gasteiger partial charge on any atom is -0.364 e. The fourth-order valence-electron chi connectivity index (χ4n) is 0.295. The predicted molar refractivity (Wildman–Crippen MR) is 29.3 cm³/mol. The molecule has 0 heterocycles. The van der Waals surface area contributed by atoms with Gasteiger partial charge in [0.25, 0.3) is 12.3 Å². The number of rotatable bonds is 3. The van der Waals surface area contributed by atoms with Gasteiger partial charge in [0.15, 0.2) is 12.0 Å². The molecule has 0 aromatic carbocycles. The van der Waals surface area contributed by atoms with Crippen molar-refractivity contribution in [2.45, 2.75) is 12.6 Å². The van der Waals surface area contributed by atoms with Crippen molar-refractivity contribution in [2.75, 3.05) is 0 Å². The number of hydrogen-bond acceptors (Lipinski definition) is 1. The van der Waals surface area contributed by atoms with E-state index in [2.05, 4.69) is 5.73 Å². The summed E-state index contributed by atoms with van der Waals surface area (Å²) in [6.45, 7) is 0. The molecule has 0 saturated carbocycles. The second-order valence-corrected chi connectivity index (χ2v) is 1.66. The standard InChI is InChI=1S/C5H5F4NO/c6-2(4(8)9)1-3(7)5(10)11/h1-2,4H,(H2,10,11). The molecule has 64 valence electrons. The van der Waals surface area contributed by atoms with Gasteiger partial charge in [-0.15, -0.1) is 0 Å². The molecule has 0 aliphatic heterocycles. The van der Waals surface area contributed by atoms with E-state index in [4.69, 9.17) is 0 Å². The highest BCUT2D eigenvalue weighted by molar-refractivity contribution is 5.89. The number of alkyl halides is 3. The topological polar surface area (TPSA) is 43.1 Å². The predicted octanol–water partition coefficient (Wildman–Crippen LogP) is 0.928. The Labute approximate surface area is 59.7 Å². The van der Waals surface area contributed by atoms with Gasteiger partial charge < -0.3 is 5.73 Å². The molecule has 0 bridgehead atoms. The lowest BCUT2D eigenvalue weighted by Crippen LogP contribution is -2.15. The lowest BCUT2D eigenvalue weighted by Gasteiger charge is -1.98. The summed E-state index contributed by atoms with van der Waals surface area (Å²) >= 11 is 0. The fraction of sp³-hybridized carbons (Fsp3) is 0.400. The van der Waals surface area contributed by atoms with Crippen LogP contribution in [0.4, 0.5) is 17.6 Å². The Hall–Kier alpha value is -1.07. The Morgan fingerprint density at radius 3 is 2.09 bits per heavy atom. The first-order valence-electron chi connectivity index (χ1n) is 2.54. The van der Waals surface area contributed by atoms with Crippen LogP contribution in [0.1, 0.15) is 0 Å². The summed E-state index contributed by atoms with van der Waals surface area (Å²) in [4.78, 5) is 9.82. The Bertz CT molecular complexity index is 179. The Balaban J connectivity index is 4.19. The van der Waals surface area contributed by atoms with Crippen molar-refractivity contribution < 1.29 is 22.4 Å². The number of halogens is 4. The number of carbonyl (C=O) groups is 1. The van der Waals surface area contributed by atoms with Crippen molar-refractivity contribution in [3.05, 3.63) is 11.9 Å². The average molecular weight is 171 g/mol.